The SMILES string of the molecule is C=CCN[SiH](CC=CN(CC=C)CC=C)NCC=C. The molecule has 4 heteroatoms. The number of rotatable bonds is 13. The summed E-state index contributed by atoms with van der Waals surface area (Å²) in [7, 11) is -1.18. The Morgan fingerprint density at radius 2 is 1.37 bits per heavy atom. The minimum absolute atomic E-state index is 0.842. The minimum atomic E-state index is -1.18. The fraction of sp³-hybridized carbons (Fsp3) is 0.333. The van der Waals surface area contributed by atoms with E-state index in [4.69, 9.17) is 0 Å². The molecule has 0 aromatic carbocycles. The van der Waals surface area contributed by atoms with Crippen LogP contribution in [0.4, 0.5) is 0 Å². The monoisotopic (exact) mass is 277 g/mol. The van der Waals surface area contributed by atoms with Gasteiger partial charge in [0.15, 0.2) is 9.12 Å². The molecule has 0 heterocycles. The molecule has 3 nitrogen and oxygen atoms in total. The van der Waals surface area contributed by atoms with Crippen molar-refractivity contribution in [1.82, 2.24) is 14.9 Å². The van der Waals surface area contributed by atoms with Crippen LogP contribution in [-0.2, 0) is 0 Å². The molecule has 19 heavy (non-hydrogen) atoms. The third kappa shape index (κ3) is 10.3. The summed E-state index contributed by atoms with van der Waals surface area (Å²) in [5.41, 5.74) is 0. The Morgan fingerprint density at radius 3 is 1.79 bits per heavy atom. The van der Waals surface area contributed by atoms with Crippen LogP contribution in [0.1, 0.15) is 0 Å². The summed E-state index contributed by atoms with van der Waals surface area (Å²) < 4.78 is 0. The average Bonchev–Trinajstić information content (AvgIpc) is 2.41. The number of nitrogens with one attached hydrogen (secondary N) is 2. The van der Waals surface area contributed by atoms with Gasteiger partial charge in [0.2, 0.25) is 0 Å². The maximum Gasteiger partial charge on any atom is 0.188 e. The lowest BCUT2D eigenvalue weighted by molar-refractivity contribution is 0.462. The number of hydrogen-bond acceptors (Lipinski definition) is 3. The summed E-state index contributed by atoms with van der Waals surface area (Å²) in [6, 6.07) is 1.03. The highest BCUT2D eigenvalue weighted by Gasteiger charge is 2.05. The van der Waals surface area contributed by atoms with E-state index in [0.29, 0.717) is 0 Å². The highest BCUT2D eigenvalue weighted by Crippen LogP contribution is 1.95. The van der Waals surface area contributed by atoms with E-state index in [9.17, 15) is 0 Å². The Bertz CT molecular complexity index is 278. The molecule has 0 aromatic heterocycles. The van der Waals surface area contributed by atoms with Crippen molar-refractivity contribution in [2.45, 2.75) is 6.04 Å². The van der Waals surface area contributed by atoms with E-state index in [2.05, 4.69) is 53.5 Å². The summed E-state index contributed by atoms with van der Waals surface area (Å²) >= 11 is 0. The van der Waals surface area contributed by atoms with Gasteiger partial charge in [-0.05, 0) is 12.2 Å². The first kappa shape index (κ1) is 17.6. The lowest BCUT2D eigenvalue weighted by atomic mass is 10.4. The Labute approximate surface area is 119 Å². The first-order valence-electron chi connectivity index (χ1n) is 6.59. The molecule has 0 radical (unpaired) electrons. The van der Waals surface area contributed by atoms with Crippen LogP contribution >= 0.6 is 0 Å². The second-order valence-electron chi connectivity index (χ2n) is 4.10. The molecule has 0 fully saturated rings. The Morgan fingerprint density at radius 1 is 0.842 bits per heavy atom. The lowest BCUT2D eigenvalue weighted by Crippen LogP contribution is -2.47. The molecule has 0 aliphatic rings. The van der Waals surface area contributed by atoms with Gasteiger partial charge >= 0.3 is 0 Å². The van der Waals surface area contributed by atoms with Gasteiger partial charge in [-0.1, -0.05) is 30.4 Å². The van der Waals surface area contributed by atoms with Gasteiger partial charge in [-0.3, -0.25) is 0 Å². The average molecular weight is 277 g/mol. The molecule has 0 bridgehead atoms. The van der Waals surface area contributed by atoms with E-state index in [0.717, 1.165) is 32.2 Å². The van der Waals surface area contributed by atoms with Crippen molar-refractivity contribution >= 4 is 9.12 Å². The van der Waals surface area contributed by atoms with Crippen molar-refractivity contribution < 1.29 is 0 Å². The topological polar surface area (TPSA) is 27.3 Å². The van der Waals surface area contributed by atoms with Crippen LogP contribution in [0.5, 0.6) is 0 Å². The molecular formula is C15H27N3Si. The smallest absolute Gasteiger partial charge is 0.188 e. The molecule has 0 saturated heterocycles. The van der Waals surface area contributed by atoms with Crippen LogP contribution in [-0.4, -0.2) is 40.2 Å². The Hall–Kier alpha value is -1.36. The normalized spacial score (nSPS) is 10.6. The predicted octanol–water partition coefficient (Wildman–Crippen LogP) is 1.95. The summed E-state index contributed by atoms with van der Waals surface area (Å²) in [6.07, 6.45) is 11.9. The van der Waals surface area contributed by atoms with Crippen molar-refractivity contribution in [3.63, 3.8) is 0 Å². The van der Waals surface area contributed by atoms with Gasteiger partial charge in [-0.2, -0.15) is 0 Å². The van der Waals surface area contributed by atoms with Crippen molar-refractivity contribution in [3.8, 4) is 0 Å². The van der Waals surface area contributed by atoms with E-state index in [1.54, 1.807) is 0 Å². The minimum Gasteiger partial charge on any atom is -0.370 e. The van der Waals surface area contributed by atoms with Gasteiger partial charge in [0.1, 0.15) is 0 Å². The van der Waals surface area contributed by atoms with Crippen LogP contribution in [0.2, 0.25) is 6.04 Å². The predicted molar refractivity (Wildman–Crippen MR) is 89.5 cm³/mol. The van der Waals surface area contributed by atoms with Gasteiger partial charge in [0.05, 0.1) is 0 Å². The van der Waals surface area contributed by atoms with Gasteiger partial charge in [0, 0.05) is 26.2 Å². The fourth-order valence-electron chi connectivity index (χ4n) is 1.56. The van der Waals surface area contributed by atoms with E-state index >= 15 is 0 Å². The second kappa shape index (κ2) is 13.1. The van der Waals surface area contributed by atoms with Gasteiger partial charge in [0.25, 0.3) is 0 Å². The fourth-order valence-corrected chi connectivity index (χ4v) is 3.34. The first-order chi connectivity index (χ1) is 9.28. The van der Waals surface area contributed by atoms with Crippen LogP contribution in [0.3, 0.4) is 0 Å². The summed E-state index contributed by atoms with van der Waals surface area (Å²) in [5, 5.41) is 0. The molecule has 0 atom stereocenters. The van der Waals surface area contributed by atoms with Crippen LogP contribution in [0.25, 0.3) is 0 Å². The molecule has 0 amide bonds. The standard InChI is InChI=1S/C15H27N3Si/c1-5-10-16-19(17-11-6-2)15-9-14-18(12-7-3)13-8-4/h5-9,14,16-17,19H,1-4,10-13,15H2. The highest BCUT2D eigenvalue weighted by atomic mass is 28.3. The molecule has 0 aromatic rings. The van der Waals surface area contributed by atoms with Gasteiger partial charge < -0.3 is 14.9 Å². The van der Waals surface area contributed by atoms with Crippen molar-refractivity contribution in [3.05, 3.63) is 62.9 Å². The van der Waals surface area contributed by atoms with Gasteiger partial charge in [-0.25, -0.2) is 0 Å². The molecule has 0 saturated carbocycles. The van der Waals surface area contributed by atoms with Crippen LogP contribution < -0.4 is 9.96 Å². The molecule has 2 N–H and O–H groups in total. The molecular weight excluding hydrogens is 250 g/mol. The third-order valence-electron chi connectivity index (χ3n) is 2.43. The second-order valence-corrected chi connectivity index (χ2v) is 6.49. The lowest BCUT2D eigenvalue weighted by Gasteiger charge is -2.18. The highest BCUT2D eigenvalue weighted by molar-refractivity contribution is 6.53. The van der Waals surface area contributed by atoms with Crippen molar-refractivity contribution in [2.75, 3.05) is 26.2 Å². The van der Waals surface area contributed by atoms with Gasteiger partial charge in [-0.15, -0.1) is 26.3 Å². The Kier molecular flexibility index (Phi) is 12.1. The maximum atomic E-state index is 3.76. The Balaban J connectivity index is 4.22. The molecule has 0 aliphatic carbocycles. The maximum absolute atomic E-state index is 3.76. The van der Waals surface area contributed by atoms with Crippen LogP contribution in [0.15, 0.2) is 62.9 Å². The van der Waals surface area contributed by atoms with E-state index in [1.165, 1.54) is 0 Å². The summed E-state index contributed by atoms with van der Waals surface area (Å²) in [4.78, 5) is 9.16. The van der Waals surface area contributed by atoms with E-state index < -0.39 is 9.12 Å². The molecule has 0 unspecified atom stereocenters. The van der Waals surface area contributed by atoms with Crippen molar-refractivity contribution in [2.24, 2.45) is 0 Å². The largest absolute Gasteiger partial charge is 0.370 e. The summed E-state index contributed by atoms with van der Waals surface area (Å²) in [5.74, 6) is 0. The molecule has 0 rings (SSSR count). The first-order valence-corrected chi connectivity index (χ1v) is 8.56. The number of nitrogens with zero attached hydrogens (tertiary/aromatic N) is 1. The zero-order chi connectivity index (χ0) is 14.3. The van der Waals surface area contributed by atoms with E-state index in [-0.39, 0.29) is 0 Å². The van der Waals surface area contributed by atoms with Crippen molar-refractivity contribution in [1.29, 1.82) is 0 Å². The quantitative estimate of drug-likeness (QED) is 0.398. The molecule has 106 valence electrons. The molecule has 0 aliphatic heterocycles. The zero-order valence-corrected chi connectivity index (χ0v) is 13.0. The molecule has 0 spiro atoms. The third-order valence-corrected chi connectivity index (χ3v) is 4.63. The van der Waals surface area contributed by atoms with Crippen LogP contribution in [0, 0.1) is 0 Å². The zero-order valence-electron chi connectivity index (χ0n) is 11.9. The number of hydrogen-bond donors (Lipinski definition) is 2. The number of allylic oxidation sites excluding steroid dienone is 1. The van der Waals surface area contributed by atoms with E-state index in [1.807, 2.05) is 24.3 Å². The summed E-state index contributed by atoms with van der Waals surface area (Å²) in [6.45, 7) is 18.4.